The summed E-state index contributed by atoms with van der Waals surface area (Å²) in [4.78, 5) is 25.1. The monoisotopic (exact) mass is 521 g/mol. The molecule has 0 bridgehead atoms. The van der Waals surface area contributed by atoms with Gasteiger partial charge in [-0.05, 0) is 61.4 Å². The van der Waals surface area contributed by atoms with Crippen molar-refractivity contribution in [2.45, 2.75) is 52.7 Å². The molecule has 8 heteroatoms. The summed E-state index contributed by atoms with van der Waals surface area (Å²) in [6.45, 7) is 6.08. The fourth-order valence-electron chi connectivity index (χ4n) is 4.83. The van der Waals surface area contributed by atoms with E-state index in [0.29, 0.717) is 41.7 Å². The molecule has 2 aromatic rings. The van der Waals surface area contributed by atoms with Gasteiger partial charge in [-0.1, -0.05) is 55.2 Å². The van der Waals surface area contributed by atoms with Crippen LogP contribution in [-0.4, -0.2) is 36.7 Å². The summed E-state index contributed by atoms with van der Waals surface area (Å²) >= 11 is 12.4. The van der Waals surface area contributed by atoms with Crippen molar-refractivity contribution in [1.29, 1.82) is 0 Å². The smallest absolute Gasteiger partial charge is 0.309 e. The lowest BCUT2D eigenvalue weighted by molar-refractivity contribution is -0.155. The van der Waals surface area contributed by atoms with E-state index in [0.717, 1.165) is 11.1 Å². The molecule has 0 radical (unpaired) electrons. The summed E-state index contributed by atoms with van der Waals surface area (Å²) in [5, 5.41) is 14.0. The van der Waals surface area contributed by atoms with Gasteiger partial charge in [0.25, 0.3) is 0 Å². The van der Waals surface area contributed by atoms with Gasteiger partial charge in [0.2, 0.25) is 5.91 Å². The largest absolute Gasteiger partial charge is 0.489 e. The highest BCUT2D eigenvalue weighted by atomic mass is 35.5. The molecule has 35 heavy (non-hydrogen) atoms. The number of carbonyl (C=O) groups is 2. The van der Waals surface area contributed by atoms with E-state index in [4.69, 9.17) is 32.7 Å². The zero-order valence-electron chi connectivity index (χ0n) is 20.6. The number of aliphatic carboxylic acids is 1. The van der Waals surface area contributed by atoms with Gasteiger partial charge < -0.3 is 19.9 Å². The molecule has 2 aromatic carbocycles. The Morgan fingerprint density at radius 1 is 1.11 bits per heavy atom. The van der Waals surface area contributed by atoms with Crippen LogP contribution >= 0.6 is 23.2 Å². The second-order valence-electron chi connectivity index (χ2n) is 9.95. The molecule has 1 aliphatic carbocycles. The minimum absolute atomic E-state index is 0.126. The van der Waals surface area contributed by atoms with Crippen LogP contribution in [0.4, 0.5) is 0 Å². The molecule has 0 heterocycles. The highest BCUT2D eigenvalue weighted by Gasteiger charge is 2.58. The van der Waals surface area contributed by atoms with E-state index in [-0.39, 0.29) is 24.5 Å². The normalized spacial score (nSPS) is 21.9. The Kier molecular flexibility index (Phi) is 8.73. The second kappa shape index (κ2) is 11.2. The minimum Gasteiger partial charge on any atom is -0.489 e. The van der Waals surface area contributed by atoms with Crippen LogP contribution in [-0.2, 0) is 27.4 Å². The maximum Gasteiger partial charge on any atom is 0.309 e. The number of hydrogen-bond acceptors (Lipinski definition) is 4. The molecule has 2 N–H and O–H groups in total. The number of benzene rings is 2. The minimum atomic E-state index is -0.935. The average molecular weight is 522 g/mol. The first-order chi connectivity index (χ1) is 16.5. The van der Waals surface area contributed by atoms with Crippen molar-refractivity contribution in [1.82, 2.24) is 5.32 Å². The number of halogens is 2. The van der Waals surface area contributed by atoms with Gasteiger partial charge >= 0.3 is 5.97 Å². The molecule has 3 atom stereocenters. The first-order valence-electron chi connectivity index (χ1n) is 11.7. The topological polar surface area (TPSA) is 84.9 Å². The summed E-state index contributed by atoms with van der Waals surface area (Å²) < 4.78 is 11.2. The van der Waals surface area contributed by atoms with E-state index in [9.17, 15) is 14.7 Å². The van der Waals surface area contributed by atoms with Crippen LogP contribution in [0.5, 0.6) is 5.75 Å². The number of ether oxygens (including phenoxy) is 2. The van der Waals surface area contributed by atoms with Gasteiger partial charge in [0.15, 0.2) is 0 Å². The first-order valence-corrected chi connectivity index (χ1v) is 12.4. The van der Waals surface area contributed by atoms with Crippen molar-refractivity contribution in [3.05, 3.63) is 63.6 Å². The third kappa shape index (κ3) is 5.93. The van der Waals surface area contributed by atoms with Crippen LogP contribution in [0.25, 0.3) is 0 Å². The van der Waals surface area contributed by atoms with Crippen molar-refractivity contribution in [3.8, 4) is 5.75 Å². The van der Waals surface area contributed by atoms with Crippen LogP contribution in [0.1, 0.15) is 44.7 Å². The standard InChI is InChI=1S/C27H33Cl2NO5/c1-26(2)21(12-13-27(26,3)25(32)33)24(31)30-18(15-34-4)14-17-8-10-19(11-9-17)35-16-20-22(28)6-5-7-23(20)29/h5-11,18,21H,12-16H2,1-4H3,(H,30,31)(H,32,33)/t18-,21+,27-/m0/s1. The number of rotatable bonds is 10. The third-order valence-electron chi connectivity index (χ3n) is 7.58. The lowest BCUT2D eigenvalue weighted by atomic mass is 9.65. The molecule has 6 nitrogen and oxygen atoms in total. The van der Waals surface area contributed by atoms with Crippen molar-refractivity contribution in [3.63, 3.8) is 0 Å². The number of nitrogens with one attached hydrogen (secondary N) is 1. The molecule has 3 rings (SSSR count). The Balaban J connectivity index is 1.62. The lowest BCUT2D eigenvalue weighted by Crippen LogP contribution is -2.48. The Morgan fingerprint density at radius 3 is 2.29 bits per heavy atom. The van der Waals surface area contributed by atoms with Gasteiger partial charge in [0.05, 0.1) is 18.1 Å². The Hall–Kier alpha value is -2.28. The summed E-state index contributed by atoms with van der Waals surface area (Å²) in [6, 6.07) is 12.7. The van der Waals surface area contributed by atoms with Crippen molar-refractivity contribution in [2.75, 3.05) is 13.7 Å². The van der Waals surface area contributed by atoms with E-state index in [1.807, 2.05) is 38.1 Å². The molecule has 0 spiro atoms. The van der Waals surface area contributed by atoms with Crippen LogP contribution in [0.3, 0.4) is 0 Å². The summed E-state index contributed by atoms with van der Waals surface area (Å²) in [6.07, 6.45) is 1.59. The van der Waals surface area contributed by atoms with E-state index in [2.05, 4.69) is 5.32 Å². The number of carboxylic acids is 1. The maximum absolute atomic E-state index is 13.2. The van der Waals surface area contributed by atoms with Gasteiger partial charge in [0, 0.05) is 28.6 Å². The Labute approximate surface area is 216 Å². The number of methoxy groups -OCH3 is 1. The van der Waals surface area contributed by atoms with E-state index >= 15 is 0 Å². The molecule has 0 aliphatic heterocycles. The predicted octanol–water partition coefficient (Wildman–Crippen LogP) is 5.77. The number of hydrogen-bond donors (Lipinski definition) is 2. The molecule has 1 saturated carbocycles. The average Bonchev–Trinajstić information content (AvgIpc) is 3.04. The summed E-state index contributed by atoms with van der Waals surface area (Å²) in [5.41, 5.74) is 0.146. The van der Waals surface area contributed by atoms with Crippen molar-refractivity contribution < 1.29 is 24.2 Å². The van der Waals surface area contributed by atoms with Crippen LogP contribution < -0.4 is 10.1 Å². The fraction of sp³-hybridized carbons (Fsp3) is 0.481. The number of amides is 1. The van der Waals surface area contributed by atoms with Crippen molar-refractivity contribution >= 4 is 35.1 Å². The molecule has 0 aromatic heterocycles. The molecular weight excluding hydrogens is 489 g/mol. The zero-order chi connectivity index (χ0) is 25.8. The van der Waals surface area contributed by atoms with Gasteiger partial charge in [-0.3, -0.25) is 9.59 Å². The molecule has 1 aliphatic rings. The molecular formula is C27H33Cl2NO5. The van der Waals surface area contributed by atoms with E-state index < -0.39 is 16.8 Å². The first kappa shape index (κ1) is 27.3. The molecule has 0 unspecified atom stereocenters. The highest BCUT2D eigenvalue weighted by Crippen LogP contribution is 2.56. The predicted molar refractivity (Wildman–Crippen MR) is 137 cm³/mol. The highest BCUT2D eigenvalue weighted by molar-refractivity contribution is 6.35. The quantitative estimate of drug-likeness (QED) is 0.414. The molecule has 1 fully saturated rings. The Bertz CT molecular complexity index is 1040. The summed E-state index contributed by atoms with van der Waals surface area (Å²) in [5.74, 6) is -0.683. The molecule has 0 saturated heterocycles. The van der Waals surface area contributed by atoms with Gasteiger partial charge in [-0.15, -0.1) is 0 Å². The molecule has 1 amide bonds. The van der Waals surface area contributed by atoms with E-state index in [1.54, 1.807) is 32.2 Å². The fourth-order valence-corrected chi connectivity index (χ4v) is 5.34. The van der Waals surface area contributed by atoms with Gasteiger partial charge in [0.1, 0.15) is 12.4 Å². The lowest BCUT2D eigenvalue weighted by Gasteiger charge is -2.38. The second-order valence-corrected chi connectivity index (χ2v) is 10.8. The number of carbonyl (C=O) groups excluding carboxylic acids is 1. The maximum atomic E-state index is 13.2. The van der Waals surface area contributed by atoms with Gasteiger partial charge in [-0.2, -0.15) is 0 Å². The third-order valence-corrected chi connectivity index (χ3v) is 8.29. The Morgan fingerprint density at radius 2 is 1.74 bits per heavy atom. The van der Waals surface area contributed by atoms with Crippen LogP contribution in [0, 0.1) is 16.7 Å². The van der Waals surface area contributed by atoms with Crippen LogP contribution in [0.2, 0.25) is 10.0 Å². The molecule has 190 valence electrons. The summed E-state index contributed by atoms with van der Waals surface area (Å²) in [7, 11) is 1.59. The van der Waals surface area contributed by atoms with Gasteiger partial charge in [-0.25, -0.2) is 0 Å². The zero-order valence-corrected chi connectivity index (χ0v) is 22.1. The van der Waals surface area contributed by atoms with E-state index in [1.165, 1.54) is 0 Å². The van der Waals surface area contributed by atoms with Crippen molar-refractivity contribution in [2.24, 2.45) is 16.7 Å². The van der Waals surface area contributed by atoms with Crippen LogP contribution in [0.15, 0.2) is 42.5 Å². The number of carboxylic acid groups (broad SMARTS) is 1. The SMILES string of the molecule is COC[C@H](Cc1ccc(OCc2c(Cl)cccc2Cl)cc1)NC(=O)[C@H]1CC[C@@](C)(C(=O)O)C1(C)C.